The molecule has 1 atom stereocenters. The third-order valence-electron chi connectivity index (χ3n) is 3.94. The van der Waals surface area contributed by atoms with Crippen molar-refractivity contribution in [3.05, 3.63) is 59.7 Å². The van der Waals surface area contributed by atoms with E-state index < -0.39 is 0 Å². The minimum Gasteiger partial charge on any atom is -0.0651 e. The molecule has 17 heavy (non-hydrogen) atoms. The molecule has 0 heterocycles. The van der Waals surface area contributed by atoms with Crippen LogP contribution in [-0.2, 0) is 12.8 Å². The largest absolute Gasteiger partial charge is 0.0651 e. The quantitative estimate of drug-likeness (QED) is 0.703. The van der Waals surface area contributed by atoms with Gasteiger partial charge in [0.2, 0.25) is 0 Å². The second-order valence-corrected chi connectivity index (χ2v) is 4.99. The zero-order valence-electron chi connectivity index (χ0n) is 10.3. The highest BCUT2D eigenvalue weighted by Crippen LogP contribution is 2.35. The van der Waals surface area contributed by atoms with Crippen LogP contribution in [0.5, 0.6) is 0 Å². The molecule has 0 aliphatic heterocycles. The van der Waals surface area contributed by atoms with Gasteiger partial charge in [-0.15, -0.1) is 0 Å². The molecule has 2 aromatic carbocycles. The smallest absolute Gasteiger partial charge is 0.0149 e. The Morgan fingerprint density at radius 1 is 0.941 bits per heavy atom. The highest BCUT2D eigenvalue weighted by molar-refractivity contribution is 5.69. The Morgan fingerprint density at radius 2 is 1.76 bits per heavy atom. The van der Waals surface area contributed by atoms with Crippen molar-refractivity contribution in [1.82, 2.24) is 0 Å². The van der Waals surface area contributed by atoms with E-state index in [1.54, 1.807) is 11.1 Å². The molecule has 2 aromatic rings. The van der Waals surface area contributed by atoms with Crippen LogP contribution in [0.4, 0.5) is 0 Å². The topological polar surface area (TPSA) is 0 Å². The molecule has 0 fully saturated rings. The van der Waals surface area contributed by atoms with Gasteiger partial charge in [-0.2, -0.15) is 0 Å². The maximum atomic E-state index is 2.30. The van der Waals surface area contributed by atoms with E-state index in [0.717, 1.165) is 5.92 Å². The summed E-state index contributed by atoms with van der Waals surface area (Å²) in [6.45, 7) is 2.30. The van der Waals surface area contributed by atoms with Crippen molar-refractivity contribution >= 4 is 0 Å². The van der Waals surface area contributed by atoms with Crippen LogP contribution in [0.25, 0.3) is 11.1 Å². The van der Waals surface area contributed by atoms with E-state index in [1.807, 2.05) is 0 Å². The molecule has 0 saturated heterocycles. The van der Waals surface area contributed by atoms with Crippen LogP contribution >= 0.6 is 0 Å². The minimum absolute atomic E-state index is 0.856. The van der Waals surface area contributed by atoms with E-state index in [-0.39, 0.29) is 0 Å². The Hall–Kier alpha value is -1.56. The van der Waals surface area contributed by atoms with Crippen LogP contribution in [0.2, 0.25) is 0 Å². The van der Waals surface area contributed by atoms with E-state index in [1.165, 1.54) is 30.4 Å². The maximum Gasteiger partial charge on any atom is -0.0149 e. The Bertz CT molecular complexity index is 511. The number of fused-ring (bicyclic) bond motifs is 1. The van der Waals surface area contributed by atoms with Crippen molar-refractivity contribution in [2.45, 2.75) is 26.2 Å². The van der Waals surface area contributed by atoms with E-state index in [9.17, 15) is 0 Å². The summed E-state index contributed by atoms with van der Waals surface area (Å²) in [6, 6.07) is 17.6. The minimum atomic E-state index is 0.856. The maximum absolute atomic E-state index is 2.30. The lowest BCUT2D eigenvalue weighted by atomic mass is 9.96. The van der Waals surface area contributed by atoms with E-state index >= 15 is 0 Å². The predicted molar refractivity (Wildman–Crippen MR) is 73.1 cm³/mol. The first-order chi connectivity index (χ1) is 8.38. The first-order valence-electron chi connectivity index (χ1n) is 6.54. The van der Waals surface area contributed by atoms with Crippen molar-refractivity contribution in [3.8, 4) is 11.1 Å². The van der Waals surface area contributed by atoms with Crippen LogP contribution in [-0.4, -0.2) is 0 Å². The highest BCUT2D eigenvalue weighted by Gasteiger charge is 2.22. The van der Waals surface area contributed by atoms with Gasteiger partial charge in [-0.1, -0.05) is 61.9 Å². The van der Waals surface area contributed by atoms with Gasteiger partial charge in [-0.3, -0.25) is 0 Å². The average Bonchev–Trinajstić information content (AvgIpc) is 2.82. The van der Waals surface area contributed by atoms with Gasteiger partial charge in [0.25, 0.3) is 0 Å². The van der Waals surface area contributed by atoms with Gasteiger partial charge in [0.1, 0.15) is 0 Å². The zero-order valence-corrected chi connectivity index (χ0v) is 10.3. The molecule has 86 valence electrons. The summed E-state index contributed by atoms with van der Waals surface area (Å²) in [7, 11) is 0. The van der Waals surface area contributed by atoms with Gasteiger partial charge < -0.3 is 0 Å². The van der Waals surface area contributed by atoms with Crippen molar-refractivity contribution < 1.29 is 0 Å². The normalized spacial score (nSPS) is 18.1. The fourth-order valence-corrected chi connectivity index (χ4v) is 2.92. The third-order valence-corrected chi connectivity index (χ3v) is 3.94. The van der Waals surface area contributed by atoms with Gasteiger partial charge in [-0.25, -0.2) is 0 Å². The Labute approximate surface area is 103 Å². The van der Waals surface area contributed by atoms with Crippen molar-refractivity contribution in [3.63, 3.8) is 0 Å². The van der Waals surface area contributed by atoms with E-state index in [2.05, 4.69) is 55.5 Å². The number of rotatable bonds is 2. The number of hydrogen-bond acceptors (Lipinski definition) is 0. The molecule has 1 aliphatic rings. The molecule has 0 spiro atoms. The Balaban J connectivity index is 2.07. The first kappa shape index (κ1) is 10.6. The molecule has 0 saturated carbocycles. The lowest BCUT2D eigenvalue weighted by Crippen LogP contribution is -1.95. The van der Waals surface area contributed by atoms with Gasteiger partial charge in [0, 0.05) is 0 Å². The number of benzene rings is 2. The molecule has 0 radical (unpaired) electrons. The van der Waals surface area contributed by atoms with Crippen LogP contribution < -0.4 is 0 Å². The van der Waals surface area contributed by atoms with E-state index in [4.69, 9.17) is 0 Å². The Kier molecular flexibility index (Phi) is 2.72. The predicted octanol–water partition coefficient (Wildman–Crippen LogP) is 4.48. The standard InChI is InChI=1S/C17H18/c1-2-13-11-15-9-6-10-16(17(15)12-13)14-7-4-3-5-8-14/h3-10,13H,2,11-12H2,1H3. The zero-order chi connectivity index (χ0) is 11.7. The molecule has 1 aliphatic carbocycles. The summed E-state index contributed by atoms with van der Waals surface area (Å²) in [6.07, 6.45) is 3.83. The second kappa shape index (κ2) is 4.37. The fourth-order valence-electron chi connectivity index (χ4n) is 2.92. The van der Waals surface area contributed by atoms with Crippen LogP contribution in [0.3, 0.4) is 0 Å². The Morgan fingerprint density at radius 3 is 2.53 bits per heavy atom. The lowest BCUT2D eigenvalue weighted by molar-refractivity contribution is 0.543. The summed E-state index contributed by atoms with van der Waals surface area (Å²) in [4.78, 5) is 0. The van der Waals surface area contributed by atoms with Crippen molar-refractivity contribution in [2.75, 3.05) is 0 Å². The number of hydrogen-bond donors (Lipinski definition) is 0. The third kappa shape index (κ3) is 1.88. The molecule has 0 bridgehead atoms. The van der Waals surface area contributed by atoms with Crippen molar-refractivity contribution in [2.24, 2.45) is 5.92 Å². The summed E-state index contributed by atoms with van der Waals surface area (Å²) in [5.74, 6) is 0.856. The lowest BCUT2D eigenvalue weighted by Gasteiger charge is -2.08. The molecule has 0 amide bonds. The first-order valence-corrected chi connectivity index (χ1v) is 6.54. The summed E-state index contributed by atoms with van der Waals surface area (Å²) in [5, 5.41) is 0. The molecule has 1 unspecified atom stereocenters. The van der Waals surface area contributed by atoms with Gasteiger partial charge >= 0.3 is 0 Å². The van der Waals surface area contributed by atoms with Gasteiger partial charge in [0.05, 0.1) is 0 Å². The molecule has 0 heteroatoms. The average molecular weight is 222 g/mol. The SMILES string of the molecule is CCC1Cc2cccc(-c3ccccc3)c2C1. The molecule has 0 N–H and O–H groups in total. The summed E-state index contributed by atoms with van der Waals surface area (Å²) >= 11 is 0. The van der Waals surface area contributed by atoms with Crippen molar-refractivity contribution in [1.29, 1.82) is 0 Å². The fraction of sp³-hybridized carbons (Fsp3) is 0.294. The molecule has 3 rings (SSSR count). The molecular weight excluding hydrogens is 204 g/mol. The van der Waals surface area contributed by atoms with Crippen LogP contribution in [0, 0.1) is 5.92 Å². The molecular formula is C17H18. The summed E-state index contributed by atoms with van der Waals surface area (Å²) in [5.41, 5.74) is 5.96. The molecule has 0 nitrogen and oxygen atoms in total. The van der Waals surface area contributed by atoms with Gasteiger partial charge in [0.15, 0.2) is 0 Å². The van der Waals surface area contributed by atoms with Gasteiger partial charge in [-0.05, 0) is 41.0 Å². The monoisotopic (exact) mass is 222 g/mol. The highest BCUT2D eigenvalue weighted by atomic mass is 14.3. The van der Waals surface area contributed by atoms with Crippen LogP contribution in [0.15, 0.2) is 48.5 Å². The second-order valence-electron chi connectivity index (χ2n) is 4.99. The van der Waals surface area contributed by atoms with Crippen LogP contribution in [0.1, 0.15) is 24.5 Å². The summed E-state index contributed by atoms with van der Waals surface area (Å²) < 4.78 is 0. The molecule has 0 aromatic heterocycles. The van der Waals surface area contributed by atoms with E-state index in [0.29, 0.717) is 0 Å².